The van der Waals surface area contributed by atoms with Crippen LogP contribution < -0.4 is 4.90 Å². The summed E-state index contributed by atoms with van der Waals surface area (Å²) in [5.41, 5.74) is 0.446. The van der Waals surface area contributed by atoms with Gasteiger partial charge in [-0.15, -0.1) is 0 Å². The van der Waals surface area contributed by atoms with Crippen molar-refractivity contribution in [1.29, 1.82) is 0 Å². The number of amides is 1. The quantitative estimate of drug-likeness (QED) is 0.920. The summed E-state index contributed by atoms with van der Waals surface area (Å²) in [6, 6.07) is 9.62. The van der Waals surface area contributed by atoms with Gasteiger partial charge in [0.1, 0.15) is 12.3 Å². The number of hydrogen-bond donors (Lipinski definition) is 1. The highest BCUT2D eigenvalue weighted by molar-refractivity contribution is 6.30. The molecule has 0 aliphatic heterocycles. The van der Waals surface area contributed by atoms with Crippen LogP contribution in [0.2, 0.25) is 5.02 Å². The Labute approximate surface area is 126 Å². The summed E-state index contributed by atoms with van der Waals surface area (Å²) in [6.07, 6.45) is 0.660. The van der Waals surface area contributed by atoms with Crippen LogP contribution in [0.1, 0.15) is 23.2 Å². The van der Waals surface area contributed by atoms with Gasteiger partial charge in [0, 0.05) is 17.1 Å². The van der Waals surface area contributed by atoms with Crippen molar-refractivity contribution in [3.05, 3.63) is 52.9 Å². The van der Waals surface area contributed by atoms with Crippen LogP contribution in [0.5, 0.6) is 0 Å². The number of rotatable bonds is 5. The third-order valence-corrected chi connectivity index (χ3v) is 3.15. The van der Waals surface area contributed by atoms with Crippen LogP contribution in [0.4, 0.5) is 5.69 Å². The van der Waals surface area contributed by atoms with E-state index in [1.807, 2.05) is 6.92 Å². The van der Waals surface area contributed by atoms with Crippen molar-refractivity contribution >= 4 is 29.2 Å². The average Bonchev–Trinajstić information content (AvgIpc) is 2.94. The molecule has 0 aliphatic carbocycles. The predicted molar refractivity (Wildman–Crippen MR) is 78.9 cm³/mol. The van der Waals surface area contributed by atoms with Gasteiger partial charge >= 0.3 is 5.97 Å². The van der Waals surface area contributed by atoms with Gasteiger partial charge in [0.25, 0.3) is 5.91 Å². The fourth-order valence-corrected chi connectivity index (χ4v) is 1.98. The highest BCUT2D eigenvalue weighted by atomic mass is 35.5. The smallest absolute Gasteiger partial charge is 0.323 e. The third-order valence-electron chi connectivity index (χ3n) is 2.90. The SMILES string of the molecule is CCc1ccc(C(=O)N(CC(=O)O)c2ccc(Cl)cc2)o1. The summed E-state index contributed by atoms with van der Waals surface area (Å²) in [6.45, 7) is 1.45. The number of benzene rings is 1. The number of aliphatic carboxylic acids is 1. The Bertz CT molecular complexity index is 648. The number of carbonyl (C=O) groups is 2. The lowest BCUT2D eigenvalue weighted by molar-refractivity contribution is -0.135. The fraction of sp³-hybridized carbons (Fsp3) is 0.200. The van der Waals surface area contributed by atoms with Crippen LogP contribution in [0.3, 0.4) is 0 Å². The van der Waals surface area contributed by atoms with Crippen LogP contribution in [-0.4, -0.2) is 23.5 Å². The Morgan fingerprint density at radius 1 is 1.19 bits per heavy atom. The molecule has 0 aliphatic rings. The van der Waals surface area contributed by atoms with Gasteiger partial charge in [-0.05, 0) is 36.4 Å². The summed E-state index contributed by atoms with van der Waals surface area (Å²) >= 11 is 5.80. The number of hydrogen-bond acceptors (Lipinski definition) is 3. The van der Waals surface area contributed by atoms with Crippen molar-refractivity contribution in [3.63, 3.8) is 0 Å². The Morgan fingerprint density at radius 3 is 2.38 bits per heavy atom. The molecule has 21 heavy (non-hydrogen) atoms. The minimum absolute atomic E-state index is 0.114. The first-order valence-corrected chi connectivity index (χ1v) is 6.77. The van der Waals surface area contributed by atoms with Crippen molar-refractivity contribution in [2.24, 2.45) is 0 Å². The molecular weight excluding hydrogens is 294 g/mol. The first-order chi connectivity index (χ1) is 10.0. The zero-order chi connectivity index (χ0) is 15.4. The summed E-state index contributed by atoms with van der Waals surface area (Å²) < 4.78 is 5.39. The molecule has 1 aromatic heterocycles. The molecule has 0 unspecified atom stereocenters. The number of halogens is 1. The maximum Gasteiger partial charge on any atom is 0.323 e. The highest BCUT2D eigenvalue weighted by Crippen LogP contribution is 2.21. The summed E-state index contributed by atoms with van der Waals surface area (Å²) in [5, 5.41) is 9.50. The zero-order valence-corrected chi connectivity index (χ0v) is 12.1. The lowest BCUT2D eigenvalue weighted by Crippen LogP contribution is -2.35. The zero-order valence-electron chi connectivity index (χ0n) is 11.4. The molecule has 0 atom stereocenters. The molecule has 1 aromatic carbocycles. The molecule has 0 radical (unpaired) electrons. The van der Waals surface area contributed by atoms with Crippen molar-refractivity contribution in [3.8, 4) is 0 Å². The number of carbonyl (C=O) groups excluding carboxylic acids is 1. The topological polar surface area (TPSA) is 70.8 Å². The average molecular weight is 308 g/mol. The first-order valence-electron chi connectivity index (χ1n) is 6.39. The molecule has 0 spiro atoms. The van der Waals surface area contributed by atoms with Crippen molar-refractivity contribution < 1.29 is 19.1 Å². The third kappa shape index (κ3) is 3.64. The molecule has 2 rings (SSSR count). The van der Waals surface area contributed by atoms with Gasteiger partial charge in [-0.1, -0.05) is 18.5 Å². The number of nitrogens with zero attached hydrogens (tertiary/aromatic N) is 1. The van der Waals surface area contributed by atoms with Gasteiger partial charge in [-0.3, -0.25) is 14.5 Å². The van der Waals surface area contributed by atoms with E-state index in [1.54, 1.807) is 36.4 Å². The van der Waals surface area contributed by atoms with Crippen LogP contribution in [0.25, 0.3) is 0 Å². The molecule has 0 bridgehead atoms. The van der Waals surface area contributed by atoms with Gasteiger partial charge in [0.15, 0.2) is 5.76 Å². The minimum atomic E-state index is -1.11. The number of furan rings is 1. The fourth-order valence-electron chi connectivity index (χ4n) is 1.85. The molecule has 0 saturated heterocycles. The molecule has 2 aromatic rings. The first kappa shape index (κ1) is 15.1. The standard InChI is InChI=1S/C15H14ClNO4/c1-2-12-7-8-13(21-12)15(20)17(9-14(18)19)11-5-3-10(16)4-6-11/h3-8H,2,9H2,1H3,(H,18,19). The second-order valence-electron chi connectivity index (χ2n) is 4.38. The van der Waals surface area contributed by atoms with E-state index in [9.17, 15) is 9.59 Å². The van der Waals surface area contributed by atoms with Gasteiger partial charge in [-0.2, -0.15) is 0 Å². The molecule has 6 heteroatoms. The Hall–Kier alpha value is -2.27. The van der Waals surface area contributed by atoms with E-state index in [2.05, 4.69) is 0 Å². The normalized spacial score (nSPS) is 10.4. The van der Waals surface area contributed by atoms with E-state index in [1.165, 1.54) is 0 Å². The minimum Gasteiger partial charge on any atom is -0.480 e. The predicted octanol–water partition coefficient (Wildman–Crippen LogP) is 3.23. The maximum atomic E-state index is 12.4. The molecule has 1 heterocycles. The van der Waals surface area contributed by atoms with E-state index >= 15 is 0 Å². The maximum absolute atomic E-state index is 12.4. The Balaban J connectivity index is 2.32. The number of carboxylic acids is 1. The van der Waals surface area contributed by atoms with Gasteiger partial charge in [0.2, 0.25) is 0 Å². The Kier molecular flexibility index (Phi) is 4.65. The molecule has 1 N–H and O–H groups in total. The van der Waals surface area contributed by atoms with E-state index in [4.69, 9.17) is 21.1 Å². The monoisotopic (exact) mass is 307 g/mol. The van der Waals surface area contributed by atoms with E-state index < -0.39 is 18.4 Å². The van der Waals surface area contributed by atoms with Crippen LogP contribution in [0, 0.1) is 0 Å². The largest absolute Gasteiger partial charge is 0.480 e. The highest BCUT2D eigenvalue weighted by Gasteiger charge is 2.23. The summed E-state index contributed by atoms with van der Waals surface area (Å²) in [5.74, 6) is -0.826. The van der Waals surface area contributed by atoms with E-state index in [0.29, 0.717) is 22.9 Å². The number of anilines is 1. The number of aryl methyl sites for hydroxylation is 1. The van der Waals surface area contributed by atoms with Gasteiger partial charge in [-0.25, -0.2) is 0 Å². The van der Waals surface area contributed by atoms with Crippen LogP contribution >= 0.6 is 11.6 Å². The van der Waals surface area contributed by atoms with Gasteiger partial charge < -0.3 is 9.52 Å². The molecule has 0 fully saturated rings. The molecular formula is C15H14ClNO4. The van der Waals surface area contributed by atoms with Crippen LogP contribution in [0.15, 0.2) is 40.8 Å². The van der Waals surface area contributed by atoms with Crippen LogP contribution in [-0.2, 0) is 11.2 Å². The molecule has 1 amide bonds. The molecule has 0 saturated carbocycles. The Morgan fingerprint density at radius 2 is 1.86 bits per heavy atom. The molecule has 110 valence electrons. The van der Waals surface area contributed by atoms with E-state index in [0.717, 1.165) is 4.90 Å². The summed E-state index contributed by atoms with van der Waals surface area (Å²) in [4.78, 5) is 24.6. The van der Waals surface area contributed by atoms with Crippen molar-refractivity contribution in [2.75, 3.05) is 11.4 Å². The number of carboxylic acid groups (broad SMARTS) is 1. The van der Waals surface area contributed by atoms with Crippen molar-refractivity contribution in [1.82, 2.24) is 0 Å². The van der Waals surface area contributed by atoms with Crippen molar-refractivity contribution in [2.45, 2.75) is 13.3 Å². The lowest BCUT2D eigenvalue weighted by Gasteiger charge is -2.19. The second kappa shape index (κ2) is 6.45. The second-order valence-corrected chi connectivity index (χ2v) is 4.82. The molecule has 5 nitrogen and oxygen atoms in total. The summed E-state index contributed by atoms with van der Waals surface area (Å²) in [7, 11) is 0. The lowest BCUT2D eigenvalue weighted by atomic mass is 10.2. The van der Waals surface area contributed by atoms with Gasteiger partial charge in [0.05, 0.1) is 0 Å². The van der Waals surface area contributed by atoms with E-state index in [-0.39, 0.29) is 5.76 Å².